The highest BCUT2D eigenvalue weighted by atomic mass is 35.5. The topological polar surface area (TPSA) is 13.1 Å². The summed E-state index contributed by atoms with van der Waals surface area (Å²) in [4.78, 5) is 0. The number of halogens is 1. The lowest BCUT2D eigenvalue weighted by atomic mass is 10.0. The molecule has 0 spiro atoms. The summed E-state index contributed by atoms with van der Waals surface area (Å²) < 4.78 is 5.07. The van der Waals surface area contributed by atoms with E-state index in [1.807, 2.05) is 24.3 Å². The van der Waals surface area contributed by atoms with Gasteiger partial charge in [-0.15, -0.1) is 11.6 Å². The van der Waals surface area contributed by atoms with Gasteiger partial charge in [0.15, 0.2) is 0 Å². The number of benzene rings is 2. The van der Waals surface area contributed by atoms with Gasteiger partial charge in [-0.3, -0.25) is 0 Å². The van der Waals surface area contributed by atoms with Crippen LogP contribution in [0.4, 0.5) is 0 Å². The Labute approximate surface area is 117 Å². The quantitative estimate of drug-likeness (QED) is 0.590. The smallest absolute Gasteiger partial charge is 0.0952 e. The number of alkyl halides is 1. The van der Waals surface area contributed by atoms with Crippen LogP contribution in [0.15, 0.2) is 77.6 Å². The third-order valence-electron chi connectivity index (χ3n) is 3.15. The highest BCUT2D eigenvalue weighted by Gasteiger charge is 2.11. The second kappa shape index (κ2) is 5.33. The summed E-state index contributed by atoms with van der Waals surface area (Å²) in [7, 11) is 0. The first kappa shape index (κ1) is 12.1. The monoisotopic (exact) mass is 268 g/mol. The minimum absolute atomic E-state index is 0.163. The van der Waals surface area contributed by atoms with Gasteiger partial charge in [-0.1, -0.05) is 54.6 Å². The fraction of sp³-hybridized carbons (Fsp3) is 0.0588. The number of furan rings is 1. The SMILES string of the molecule is ClC(c1ccc(-c2ccccc2)cc1)c1ccoc1. The van der Waals surface area contributed by atoms with Gasteiger partial charge in [0.25, 0.3) is 0 Å². The average Bonchev–Trinajstić information content (AvgIpc) is 3.02. The molecule has 0 saturated heterocycles. The largest absolute Gasteiger partial charge is 0.472 e. The molecule has 0 saturated carbocycles. The molecule has 0 bridgehead atoms. The van der Waals surface area contributed by atoms with Gasteiger partial charge in [0, 0.05) is 5.56 Å². The van der Waals surface area contributed by atoms with Crippen molar-refractivity contribution in [3.8, 4) is 11.1 Å². The zero-order valence-electron chi connectivity index (χ0n) is 10.3. The molecule has 1 aromatic heterocycles. The second-order valence-corrected chi connectivity index (χ2v) is 4.84. The molecule has 2 heteroatoms. The summed E-state index contributed by atoms with van der Waals surface area (Å²) in [5, 5.41) is -0.163. The standard InChI is InChI=1S/C17H13ClO/c18-17(16-10-11-19-12-16)15-8-6-14(7-9-15)13-4-2-1-3-5-13/h1-12,17H. The van der Waals surface area contributed by atoms with Crippen molar-refractivity contribution in [3.05, 3.63) is 84.3 Å². The highest BCUT2D eigenvalue weighted by Crippen LogP contribution is 2.30. The van der Waals surface area contributed by atoms with Crippen LogP contribution >= 0.6 is 11.6 Å². The molecule has 0 aliphatic rings. The summed E-state index contributed by atoms with van der Waals surface area (Å²) >= 11 is 6.41. The zero-order chi connectivity index (χ0) is 13.1. The van der Waals surface area contributed by atoms with Crippen LogP contribution in [-0.4, -0.2) is 0 Å². The van der Waals surface area contributed by atoms with Crippen LogP contribution < -0.4 is 0 Å². The average molecular weight is 269 g/mol. The Hall–Kier alpha value is -1.99. The molecular formula is C17H13ClO. The van der Waals surface area contributed by atoms with E-state index in [0.29, 0.717) is 0 Å². The minimum Gasteiger partial charge on any atom is -0.472 e. The summed E-state index contributed by atoms with van der Waals surface area (Å²) in [5.41, 5.74) is 4.46. The van der Waals surface area contributed by atoms with Crippen molar-refractivity contribution in [3.63, 3.8) is 0 Å². The van der Waals surface area contributed by atoms with Gasteiger partial charge in [-0.2, -0.15) is 0 Å². The van der Waals surface area contributed by atoms with Gasteiger partial charge < -0.3 is 4.42 Å². The van der Waals surface area contributed by atoms with E-state index < -0.39 is 0 Å². The first-order chi connectivity index (χ1) is 9.34. The van der Waals surface area contributed by atoms with Gasteiger partial charge in [0.05, 0.1) is 17.9 Å². The molecule has 3 rings (SSSR count). The maximum absolute atomic E-state index is 6.41. The predicted molar refractivity (Wildman–Crippen MR) is 78.3 cm³/mol. The maximum atomic E-state index is 6.41. The van der Waals surface area contributed by atoms with Crippen LogP contribution in [0.2, 0.25) is 0 Å². The Kier molecular flexibility index (Phi) is 3.39. The predicted octanol–water partition coefficient (Wildman–Crippen LogP) is 5.27. The zero-order valence-corrected chi connectivity index (χ0v) is 11.0. The van der Waals surface area contributed by atoms with Gasteiger partial charge in [0.1, 0.15) is 0 Å². The van der Waals surface area contributed by atoms with Crippen molar-refractivity contribution in [1.29, 1.82) is 0 Å². The van der Waals surface area contributed by atoms with Crippen LogP contribution in [0.5, 0.6) is 0 Å². The highest BCUT2D eigenvalue weighted by molar-refractivity contribution is 6.22. The fourth-order valence-corrected chi connectivity index (χ4v) is 2.36. The molecular weight excluding hydrogens is 256 g/mol. The van der Waals surface area contributed by atoms with E-state index >= 15 is 0 Å². The molecule has 1 heterocycles. The molecule has 1 unspecified atom stereocenters. The molecule has 0 N–H and O–H groups in total. The summed E-state index contributed by atoms with van der Waals surface area (Å²) in [6.45, 7) is 0. The summed E-state index contributed by atoms with van der Waals surface area (Å²) in [5.74, 6) is 0. The molecule has 0 fully saturated rings. The molecule has 2 aromatic carbocycles. The Morgan fingerprint density at radius 2 is 1.42 bits per heavy atom. The van der Waals surface area contributed by atoms with Gasteiger partial charge in [0.2, 0.25) is 0 Å². The van der Waals surface area contributed by atoms with Crippen molar-refractivity contribution in [2.75, 3.05) is 0 Å². The normalized spacial score (nSPS) is 12.3. The van der Waals surface area contributed by atoms with Gasteiger partial charge in [-0.25, -0.2) is 0 Å². The lowest BCUT2D eigenvalue weighted by Gasteiger charge is -2.08. The molecule has 94 valence electrons. The van der Waals surface area contributed by atoms with E-state index in [4.69, 9.17) is 16.0 Å². The van der Waals surface area contributed by atoms with Crippen LogP contribution in [-0.2, 0) is 0 Å². The van der Waals surface area contributed by atoms with Crippen LogP contribution in [0, 0.1) is 0 Å². The van der Waals surface area contributed by atoms with Gasteiger partial charge >= 0.3 is 0 Å². The first-order valence-electron chi connectivity index (χ1n) is 6.16. The van der Waals surface area contributed by atoms with E-state index in [9.17, 15) is 0 Å². The molecule has 0 aliphatic heterocycles. The van der Waals surface area contributed by atoms with Crippen molar-refractivity contribution in [2.45, 2.75) is 5.38 Å². The van der Waals surface area contributed by atoms with E-state index in [1.165, 1.54) is 11.1 Å². The number of hydrogen-bond donors (Lipinski definition) is 0. The van der Waals surface area contributed by atoms with E-state index in [-0.39, 0.29) is 5.38 Å². The third kappa shape index (κ3) is 2.56. The van der Waals surface area contributed by atoms with Crippen molar-refractivity contribution >= 4 is 11.6 Å². The van der Waals surface area contributed by atoms with E-state index in [0.717, 1.165) is 11.1 Å². The minimum atomic E-state index is -0.163. The van der Waals surface area contributed by atoms with Crippen molar-refractivity contribution in [1.82, 2.24) is 0 Å². The third-order valence-corrected chi connectivity index (χ3v) is 3.65. The molecule has 1 nitrogen and oxygen atoms in total. The first-order valence-corrected chi connectivity index (χ1v) is 6.60. The molecule has 1 atom stereocenters. The lowest BCUT2D eigenvalue weighted by Crippen LogP contribution is -1.90. The second-order valence-electron chi connectivity index (χ2n) is 4.41. The van der Waals surface area contributed by atoms with E-state index in [1.54, 1.807) is 12.5 Å². The van der Waals surface area contributed by atoms with Crippen LogP contribution in [0.25, 0.3) is 11.1 Å². The van der Waals surface area contributed by atoms with Crippen LogP contribution in [0.1, 0.15) is 16.5 Å². The molecule has 0 radical (unpaired) electrons. The maximum Gasteiger partial charge on any atom is 0.0952 e. The molecule has 0 amide bonds. The Morgan fingerprint density at radius 1 is 0.737 bits per heavy atom. The van der Waals surface area contributed by atoms with Crippen molar-refractivity contribution < 1.29 is 4.42 Å². The van der Waals surface area contributed by atoms with Crippen molar-refractivity contribution in [2.24, 2.45) is 0 Å². The van der Waals surface area contributed by atoms with E-state index in [2.05, 4.69) is 36.4 Å². The Morgan fingerprint density at radius 3 is 2.05 bits per heavy atom. The lowest BCUT2D eigenvalue weighted by molar-refractivity contribution is 0.564. The molecule has 0 aliphatic carbocycles. The summed E-state index contributed by atoms with van der Waals surface area (Å²) in [6.07, 6.45) is 3.33. The Balaban J connectivity index is 1.87. The molecule has 3 aromatic rings. The number of hydrogen-bond acceptors (Lipinski definition) is 1. The van der Waals surface area contributed by atoms with Crippen LogP contribution in [0.3, 0.4) is 0 Å². The summed E-state index contributed by atoms with van der Waals surface area (Å²) in [6, 6.07) is 20.5. The number of rotatable bonds is 3. The van der Waals surface area contributed by atoms with Gasteiger partial charge in [-0.05, 0) is 22.8 Å². The fourth-order valence-electron chi connectivity index (χ4n) is 2.09. The Bertz CT molecular complexity index is 627. The molecule has 19 heavy (non-hydrogen) atoms.